The number of hydrogen-bond acceptors (Lipinski definition) is 8. The minimum atomic E-state index is -0.184. The Hall–Kier alpha value is -3.17. The molecule has 0 saturated heterocycles. The second kappa shape index (κ2) is 14.8. The first-order valence-electron chi connectivity index (χ1n) is 9.11. The number of carbonyl (C=O) groups excluding carboxylic acids is 2. The zero-order valence-electron chi connectivity index (χ0n) is 16.6. The Morgan fingerprint density at radius 3 is 1.42 bits per heavy atom. The smallest absolute Gasteiger partial charge is 0.545 e. The van der Waals surface area contributed by atoms with Gasteiger partial charge in [0.15, 0.2) is 23.0 Å². The van der Waals surface area contributed by atoms with E-state index in [1.165, 1.54) is 12.1 Å². The monoisotopic (exact) mass is 471 g/mol. The third kappa shape index (κ3) is 7.87. The summed E-state index contributed by atoms with van der Waals surface area (Å²) in [6.07, 6.45) is 7.00. The van der Waals surface area contributed by atoms with Crippen LogP contribution in [0.5, 0.6) is 23.0 Å². The molecule has 2 unspecified atom stereocenters. The van der Waals surface area contributed by atoms with E-state index in [1.54, 1.807) is 36.7 Å². The molecule has 9 heteroatoms. The molecule has 1 fully saturated rings. The van der Waals surface area contributed by atoms with Crippen LogP contribution in [0.25, 0.3) is 0 Å². The van der Waals surface area contributed by atoms with Gasteiger partial charge >= 0.3 is 16.8 Å². The van der Waals surface area contributed by atoms with Crippen LogP contribution in [0.3, 0.4) is 0 Å². The van der Waals surface area contributed by atoms with Gasteiger partial charge in [-0.15, -0.1) is 0 Å². The number of para-hydroxylation sites is 2. The molecule has 0 heterocycles. The molecule has 2 aromatic rings. The van der Waals surface area contributed by atoms with Crippen LogP contribution in [0, 0.1) is 0 Å². The first-order valence-corrected chi connectivity index (χ1v) is 9.11. The maximum atomic E-state index is 9.88. The molecule has 0 spiro atoms. The van der Waals surface area contributed by atoms with E-state index >= 15 is 0 Å². The quantitative estimate of drug-likeness (QED) is 0.234. The summed E-state index contributed by atoms with van der Waals surface area (Å²) in [5, 5.41) is 38.9. The molecule has 3 rings (SSSR count). The maximum absolute atomic E-state index is 9.88. The van der Waals surface area contributed by atoms with Crippen LogP contribution in [0.15, 0.2) is 46.4 Å². The average molecular weight is 471 g/mol. The molecule has 0 aromatic heterocycles. The van der Waals surface area contributed by atoms with Crippen molar-refractivity contribution >= 4 is 26.0 Å². The summed E-state index contributed by atoms with van der Waals surface area (Å²) >= 11 is 0. The Bertz CT molecular complexity index is 804. The van der Waals surface area contributed by atoms with E-state index in [-0.39, 0.29) is 51.9 Å². The predicted molar refractivity (Wildman–Crippen MR) is 114 cm³/mol. The van der Waals surface area contributed by atoms with Gasteiger partial charge in [-0.25, -0.2) is 0 Å². The van der Waals surface area contributed by atoms with E-state index < -0.39 is 0 Å². The fourth-order valence-electron chi connectivity index (χ4n) is 3.10. The average Bonchev–Trinajstić information content (AvgIpc) is 2.79. The van der Waals surface area contributed by atoms with Crippen LogP contribution >= 0.6 is 0 Å². The molecule has 0 aliphatic heterocycles. The van der Waals surface area contributed by atoms with Crippen LogP contribution in [-0.2, 0) is 26.4 Å². The van der Waals surface area contributed by atoms with Gasteiger partial charge in [-0.2, -0.15) is 0 Å². The Kier molecular flexibility index (Phi) is 13.2. The number of hydrogen-bond donors (Lipinski definition) is 4. The van der Waals surface area contributed by atoms with Crippen molar-refractivity contribution in [2.24, 2.45) is 9.98 Å². The van der Waals surface area contributed by atoms with E-state index in [0.29, 0.717) is 11.1 Å². The van der Waals surface area contributed by atoms with Crippen molar-refractivity contribution in [2.75, 3.05) is 0 Å². The van der Waals surface area contributed by atoms with E-state index in [0.717, 1.165) is 25.7 Å². The summed E-state index contributed by atoms with van der Waals surface area (Å²) < 4.78 is 0. The van der Waals surface area contributed by atoms with E-state index in [4.69, 9.17) is 9.59 Å². The Balaban J connectivity index is 0.00000170. The standard InChI is InChI=1S/C20H22N2O4.2CHO.Co/c23-17-9-3-5-13(19(17)25)11-21-15-7-1-2-8-16(15)22-12-14-6-4-10-18(24)20(14)26;2*1-2;/h3-6,9-12,15-16,23-26H,1-2,7-8H2;2*1H;/q;2*-1;+2. The third-order valence-electron chi connectivity index (χ3n) is 4.60. The molecule has 31 heavy (non-hydrogen) atoms. The number of nitrogens with zero attached hydrogens (tertiary/aromatic N) is 2. The van der Waals surface area contributed by atoms with Gasteiger partial charge in [-0.05, 0) is 37.1 Å². The first-order chi connectivity index (χ1) is 14.6. The maximum Gasteiger partial charge on any atom is 2.00 e. The van der Waals surface area contributed by atoms with E-state index in [1.807, 2.05) is 0 Å². The molecule has 0 amide bonds. The van der Waals surface area contributed by atoms with Gasteiger partial charge in [0.25, 0.3) is 0 Å². The van der Waals surface area contributed by atoms with Gasteiger partial charge in [-0.3, -0.25) is 23.6 Å². The number of rotatable bonds is 4. The van der Waals surface area contributed by atoms with Crippen molar-refractivity contribution in [3.05, 3.63) is 47.5 Å². The SMILES string of the molecule is Oc1cccc(C=NC2CCCCC2N=Cc2cccc(O)c2O)c1O.[CH-]=O.[CH-]=O.[Co+2]. The number of phenols is 4. The van der Waals surface area contributed by atoms with Crippen molar-refractivity contribution in [1.82, 2.24) is 0 Å². The van der Waals surface area contributed by atoms with Crippen LogP contribution in [0.2, 0.25) is 0 Å². The zero-order valence-corrected chi connectivity index (χ0v) is 17.6. The fourth-order valence-corrected chi connectivity index (χ4v) is 3.10. The summed E-state index contributed by atoms with van der Waals surface area (Å²) in [6, 6.07) is 9.43. The largest absolute Gasteiger partial charge is 2.00 e. The Morgan fingerprint density at radius 2 is 1.06 bits per heavy atom. The van der Waals surface area contributed by atoms with Gasteiger partial charge in [0.1, 0.15) is 0 Å². The normalized spacial score (nSPS) is 17.7. The minimum absolute atomic E-state index is 0. The fraction of sp³-hybridized carbons (Fsp3) is 0.273. The van der Waals surface area contributed by atoms with Crippen molar-refractivity contribution < 1.29 is 46.8 Å². The molecular weight excluding hydrogens is 447 g/mol. The van der Waals surface area contributed by atoms with Crippen molar-refractivity contribution in [2.45, 2.75) is 37.8 Å². The van der Waals surface area contributed by atoms with Gasteiger partial charge < -0.3 is 30.0 Å². The molecule has 1 saturated carbocycles. The zero-order chi connectivity index (χ0) is 22.5. The Morgan fingerprint density at radius 1 is 0.710 bits per heavy atom. The summed E-state index contributed by atoms with van der Waals surface area (Å²) in [5.74, 6) is -0.716. The molecular formula is C22H24CoN2O6. The first kappa shape index (κ1) is 27.8. The molecule has 167 valence electrons. The molecule has 2 atom stereocenters. The summed E-state index contributed by atoms with van der Waals surface area (Å²) in [4.78, 5) is 24.6. The van der Waals surface area contributed by atoms with Crippen molar-refractivity contribution in [3.8, 4) is 23.0 Å². The number of aliphatic imine (C=N–C) groups is 2. The van der Waals surface area contributed by atoms with Gasteiger partial charge in [0.05, 0.1) is 12.1 Å². The minimum Gasteiger partial charge on any atom is -0.545 e. The molecule has 2 aromatic carbocycles. The topological polar surface area (TPSA) is 140 Å². The molecule has 4 N–H and O–H groups in total. The molecule has 1 aliphatic rings. The van der Waals surface area contributed by atoms with Crippen molar-refractivity contribution in [3.63, 3.8) is 0 Å². The second-order valence-corrected chi connectivity index (χ2v) is 6.41. The third-order valence-corrected chi connectivity index (χ3v) is 4.60. The van der Waals surface area contributed by atoms with Gasteiger partial charge in [0.2, 0.25) is 0 Å². The van der Waals surface area contributed by atoms with Crippen LogP contribution in [0.4, 0.5) is 0 Å². The Labute approximate surface area is 191 Å². The number of phenolic OH excluding ortho intramolecular Hbond substituents is 4. The molecule has 0 bridgehead atoms. The van der Waals surface area contributed by atoms with Crippen LogP contribution < -0.4 is 0 Å². The summed E-state index contributed by atoms with van der Waals surface area (Å²) in [6.45, 7) is 6.50. The second-order valence-electron chi connectivity index (χ2n) is 6.41. The molecule has 1 radical (unpaired) electrons. The van der Waals surface area contributed by atoms with Gasteiger partial charge in [-0.1, -0.05) is 25.0 Å². The number of benzene rings is 2. The van der Waals surface area contributed by atoms with E-state index in [2.05, 4.69) is 23.6 Å². The van der Waals surface area contributed by atoms with Crippen LogP contribution in [0.1, 0.15) is 36.8 Å². The molecule has 1 aliphatic carbocycles. The van der Waals surface area contributed by atoms with Crippen LogP contribution in [-0.4, -0.2) is 58.5 Å². The van der Waals surface area contributed by atoms with E-state index in [9.17, 15) is 20.4 Å². The van der Waals surface area contributed by atoms with Crippen molar-refractivity contribution in [1.29, 1.82) is 0 Å². The molecule has 8 nitrogen and oxygen atoms in total. The predicted octanol–water partition coefficient (Wildman–Crippen LogP) is 2.81. The summed E-state index contributed by atoms with van der Waals surface area (Å²) in [7, 11) is 0. The van der Waals surface area contributed by atoms with Gasteiger partial charge in [0, 0.05) is 23.6 Å². The number of aromatic hydroxyl groups is 4. The summed E-state index contributed by atoms with van der Waals surface area (Å²) in [5.41, 5.74) is 0.924.